The predicted octanol–water partition coefficient (Wildman–Crippen LogP) is 2.31. The van der Waals surface area contributed by atoms with Gasteiger partial charge in [0.2, 0.25) is 0 Å². The van der Waals surface area contributed by atoms with Gasteiger partial charge in [0.05, 0.1) is 10.5 Å². The molecule has 120 valence electrons. The van der Waals surface area contributed by atoms with Crippen molar-refractivity contribution in [2.75, 3.05) is 0 Å². The molecule has 0 spiro atoms. The van der Waals surface area contributed by atoms with Gasteiger partial charge < -0.3 is 5.32 Å². The molecule has 1 N–H and O–H groups in total. The molecule has 1 fully saturated rings. The lowest BCUT2D eigenvalue weighted by molar-refractivity contribution is -0.385. The number of nitrogens with zero attached hydrogens (tertiary/aromatic N) is 3. The molecule has 23 heavy (non-hydrogen) atoms. The summed E-state index contributed by atoms with van der Waals surface area (Å²) in [6, 6.07) is 5.64. The lowest BCUT2D eigenvalue weighted by Gasteiger charge is -2.17. The first-order valence-corrected chi connectivity index (χ1v) is 7.00. The number of carbonyl (C=O) groups is 2. The van der Waals surface area contributed by atoms with Gasteiger partial charge in [-0.25, -0.2) is 4.79 Å². The van der Waals surface area contributed by atoms with Gasteiger partial charge in [-0.2, -0.15) is 5.10 Å². The quantitative estimate of drug-likeness (QED) is 0.389. The normalized spacial score (nSPS) is 21.4. The minimum Gasteiger partial charge on any atom is -0.322 e. The highest BCUT2D eigenvalue weighted by molar-refractivity contribution is 6.07. The molecule has 1 aliphatic rings. The molecule has 0 aromatic heterocycles. The monoisotopic (exact) mass is 316 g/mol. The zero-order chi connectivity index (χ0) is 17.0. The Hall–Kier alpha value is -3.03. The zero-order valence-corrected chi connectivity index (χ0v) is 12.7. The Kier molecular flexibility index (Phi) is 4.54. The number of nitro benzene ring substituents is 1. The molecule has 1 saturated heterocycles. The fraction of sp³-hybridized carbons (Fsp3) is 0.267. The molecule has 8 heteroatoms. The Balaban J connectivity index is 2.12. The molecule has 8 nitrogen and oxygen atoms in total. The third kappa shape index (κ3) is 3.25. The van der Waals surface area contributed by atoms with E-state index in [2.05, 4.69) is 10.4 Å². The van der Waals surface area contributed by atoms with Crippen molar-refractivity contribution in [2.24, 2.45) is 5.10 Å². The zero-order valence-electron chi connectivity index (χ0n) is 12.7. The number of allylic oxidation sites excluding steroid dienone is 1. The third-order valence-electron chi connectivity index (χ3n) is 3.62. The van der Waals surface area contributed by atoms with E-state index in [0.29, 0.717) is 12.0 Å². The lowest BCUT2D eigenvalue weighted by atomic mass is 10.00. The Bertz CT molecular complexity index is 713. The highest BCUT2D eigenvalue weighted by atomic mass is 16.6. The van der Waals surface area contributed by atoms with E-state index >= 15 is 0 Å². The summed E-state index contributed by atoms with van der Waals surface area (Å²) in [7, 11) is 0. The van der Waals surface area contributed by atoms with E-state index in [1.165, 1.54) is 24.4 Å². The fourth-order valence-electron chi connectivity index (χ4n) is 2.06. The average molecular weight is 316 g/mol. The molecule has 3 amide bonds. The molecule has 1 atom stereocenters. The van der Waals surface area contributed by atoms with Crippen molar-refractivity contribution in [3.05, 3.63) is 46.0 Å². The van der Waals surface area contributed by atoms with E-state index in [-0.39, 0.29) is 5.69 Å². The molecule has 0 radical (unpaired) electrons. The van der Waals surface area contributed by atoms with E-state index in [9.17, 15) is 19.7 Å². The van der Waals surface area contributed by atoms with Crippen LogP contribution in [-0.4, -0.2) is 33.6 Å². The summed E-state index contributed by atoms with van der Waals surface area (Å²) in [6.07, 6.45) is 4.62. The molecule has 1 aromatic rings. The summed E-state index contributed by atoms with van der Waals surface area (Å²) >= 11 is 0. The van der Waals surface area contributed by atoms with Crippen molar-refractivity contribution in [2.45, 2.75) is 25.8 Å². The van der Waals surface area contributed by atoms with E-state index < -0.39 is 22.4 Å². The first kappa shape index (κ1) is 16.3. The van der Waals surface area contributed by atoms with Crippen LogP contribution in [0.4, 0.5) is 10.5 Å². The maximum Gasteiger partial charge on any atom is 0.346 e. The van der Waals surface area contributed by atoms with Gasteiger partial charge in [-0.3, -0.25) is 14.9 Å². The second-order valence-electron chi connectivity index (χ2n) is 5.17. The van der Waals surface area contributed by atoms with Crippen molar-refractivity contribution >= 4 is 29.9 Å². The molecular formula is C15H16N4O4. The van der Waals surface area contributed by atoms with E-state index in [1.807, 2.05) is 0 Å². The summed E-state index contributed by atoms with van der Waals surface area (Å²) in [4.78, 5) is 34.2. The number of hydrogen-bond acceptors (Lipinski definition) is 5. The van der Waals surface area contributed by atoms with E-state index in [1.54, 1.807) is 32.0 Å². The van der Waals surface area contributed by atoms with Crippen LogP contribution in [0.3, 0.4) is 0 Å². The summed E-state index contributed by atoms with van der Waals surface area (Å²) in [6.45, 7) is 3.42. The van der Waals surface area contributed by atoms with Crippen LogP contribution in [0, 0.1) is 10.1 Å². The highest BCUT2D eigenvalue weighted by Gasteiger charge is 2.46. The SMILES string of the molecule is CCC1(C)NC(=O)N(/N=C/C=C/c2ccccc2[N+](=O)[O-])C1=O. The molecule has 0 bridgehead atoms. The number of imide groups is 1. The van der Waals surface area contributed by atoms with Crippen LogP contribution >= 0.6 is 0 Å². The minimum absolute atomic E-state index is 0.0364. The van der Waals surface area contributed by atoms with Crippen molar-refractivity contribution in [3.63, 3.8) is 0 Å². The molecule has 2 rings (SSSR count). The maximum atomic E-state index is 12.1. The molecular weight excluding hydrogens is 300 g/mol. The summed E-state index contributed by atoms with van der Waals surface area (Å²) in [5, 5.41) is 18.0. The van der Waals surface area contributed by atoms with Gasteiger partial charge in [-0.15, -0.1) is 5.01 Å². The topological polar surface area (TPSA) is 105 Å². The number of nitrogens with one attached hydrogen (secondary N) is 1. The second-order valence-corrected chi connectivity index (χ2v) is 5.17. The second kappa shape index (κ2) is 6.39. The summed E-state index contributed by atoms with van der Waals surface area (Å²) < 4.78 is 0. The maximum absolute atomic E-state index is 12.1. The summed E-state index contributed by atoms with van der Waals surface area (Å²) in [5.74, 6) is -0.430. The lowest BCUT2D eigenvalue weighted by Crippen LogP contribution is -2.42. The first-order valence-electron chi connectivity index (χ1n) is 7.00. The number of carbonyl (C=O) groups excluding carboxylic acids is 2. The van der Waals surface area contributed by atoms with Gasteiger partial charge in [-0.1, -0.05) is 19.1 Å². The largest absolute Gasteiger partial charge is 0.346 e. The van der Waals surface area contributed by atoms with Crippen molar-refractivity contribution < 1.29 is 14.5 Å². The van der Waals surface area contributed by atoms with Gasteiger partial charge >= 0.3 is 6.03 Å². The van der Waals surface area contributed by atoms with Crippen LogP contribution in [0.1, 0.15) is 25.8 Å². The Morgan fingerprint density at radius 1 is 1.39 bits per heavy atom. The van der Waals surface area contributed by atoms with Crippen molar-refractivity contribution in [1.82, 2.24) is 10.3 Å². The smallest absolute Gasteiger partial charge is 0.322 e. The van der Waals surface area contributed by atoms with Crippen LogP contribution in [0.2, 0.25) is 0 Å². The minimum atomic E-state index is -0.948. The number of amides is 3. The third-order valence-corrected chi connectivity index (χ3v) is 3.62. The Morgan fingerprint density at radius 2 is 2.09 bits per heavy atom. The van der Waals surface area contributed by atoms with Crippen LogP contribution in [0.25, 0.3) is 6.08 Å². The average Bonchev–Trinajstić information content (AvgIpc) is 2.75. The molecule has 0 aliphatic carbocycles. The standard InChI is InChI=1S/C15H16N4O4/c1-3-15(2)13(20)18(14(21)17-15)16-10-6-8-11-7-4-5-9-12(11)19(22)23/h4-10H,3H2,1-2H3,(H,17,21)/b8-6+,16-10+. The highest BCUT2D eigenvalue weighted by Crippen LogP contribution is 2.21. The van der Waals surface area contributed by atoms with Crippen molar-refractivity contribution in [1.29, 1.82) is 0 Å². The first-order chi connectivity index (χ1) is 10.9. The van der Waals surface area contributed by atoms with Crippen LogP contribution < -0.4 is 5.32 Å². The summed E-state index contributed by atoms with van der Waals surface area (Å²) in [5.41, 5.74) is -0.582. The number of hydrazone groups is 1. The Morgan fingerprint density at radius 3 is 2.70 bits per heavy atom. The number of nitro groups is 1. The molecule has 1 heterocycles. The van der Waals surface area contributed by atoms with Crippen LogP contribution in [0.15, 0.2) is 35.4 Å². The van der Waals surface area contributed by atoms with E-state index in [4.69, 9.17) is 0 Å². The molecule has 1 unspecified atom stereocenters. The molecule has 0 saturated carbocycles. The number of para-hydroxylation sites is 1. The van der Waals surface area contributed by atoms with Gasteiger partial charge in [-0.05, 0) is 31.6 Å². The van der Waals surface area contributed by atoms with E-state index in [0.717, 1.165) is 5.01 Å². The number of hydrogen-bond donors (Lipinski definition) is 1. The van der Waals surface area contributed by atoms with Gasteiger partial charge in [0.15, 0.2) is 0 Å². The fourth-order valence-corrected chi connectivity index (χ4v) is 2.06. The van der Waals surface area contributed by atoms with Gasteiger partial charge in [0.25, 0.3) is 11.6 Å². The number of benzene rings is 1. The van der Waals surface area contributed by atoms with Crippen LogP contribution in [-0.2, 0) is 4.79 Å². The number of rotatable bonds is 5. The Labute approximate surface area is 132 Å². The van der Waals surface area contributed by atoms with Crippen molar-refractivity contribution in [3.8, 4) is 0 Å². The van der Waals surface area contributed by atoms with Gasteiger partial charge in [0, 0.05) is 12.3 Å². The van der Waals surface area contributed by atoms with Gasteiger partial charge in [0.1, 0.15) is 5.54 Å². The molecule has 1 aromatic carbocycles. The predicted molar refractivity (Wildman–Crippen MR) is 84.7 cm³/mol. The molecule has 1 aliphatic heterocycles. The van der Waals surface area contributed by atoms with Crippen LogP contribution in [0.5, 0.6) is 0 Å². The number of urea groups is 1.